The zero-order chi connectivity index (χ0) is 19.0. The maximum atomic E-state index is 11.2. The van der Waals surface area contributed by atoms with Gasteiger partial charge in [0, 0.05) is 0 Å². The fraction of sp³-hybridized carbons (Fsp3) is 0.833. The topological polar surface area (TPSA) is 226 Å². The van der Waals surface area contributed by atoms with Gasteiger partial charge in [-0.2, -0.15) is 0 Å². The first kappa shape index (κ1) is 23.6. The molecule has 14 heteroatoms. The van der Waals surface area contributed by atoms with E-state index in [-0.39, 0.29) is 29.6 Å². The minimum atomic E-state index is -2.12. The number of aliphatic carboxylic acids is 2. The van der Waals surface area contributed by atoms with Crippen molar-refractivity contribution in [3.8, 4) is 0 Å². The van der Waals surface area contributed by atoms with Crippen molar-refractivity contribution in [3.63, 3.8) is 0 Å². The maximum Gasteiger partial charge on any atom is 1.00 e. The zero-order valence-electron chi connectivity index (χ0n) is 13.4. The standard InChI is InChI=1S/C12H18O13.Na/c13-1-2(14)7(9(18)19)25-12(5(1)17)24-6-3(15)4(16)11(22)23-8(6)10(20)21;/h1-8,11-17,22H,(H,18,19)(H,20,21);/q;+1/p-1. The summed E-state index contributed by atoms with van der Waals surface area (Å²) in [5.74, 6) is -3.66. The number of carboxylic acids is 2. The van der Waals surface area contributed by atoms with E-state index in [1.54, 1.807) is 0 Å². The molecule has 0 spiro atoms. The molecule has 2 rings (SSSR count). The van der Waals surface area contributed by atoms with Crippen LogP contribution in [0.1, 0.15) is 0 Å². The smallest absolute Gasteiger partial charge is 0.547 e. The summed E-state index contributed by atoms with van der Waals surface area (Å²) < 4.78 is 14.3. The minimum Gasteiger partial charge on any atom is -0.547 e. The number of aliphatic hydroxyl groups is 6. The van der Waals surface area contributed by atoms with E-state index < -0.39 is 73.4 Å². The molecule has 0 radical (unpaired) electrons. The second kappa shape index (κ2) is 9.18. The molecule has 0 saturated carbocycles. The number of hydrogen-bond acceptors (Lipinski definition) is 12. The molecule has 2 heterocycles. The van der Waals surface area contributed by atoms with Crippen LogP contribution in [0.3, 0.4) is 0 Å². The van der Waals surface area contributed by atoms with Crippen LogP contribution < -0.4 is 34.7 Å². The van der Waals surface area contributed by atoms with Gasteiger partial charge in [-0.1, -0.05) is 0 Å². The van der Waals surface area contributed by atoms with Crippen LogP contribution in [-0.4, -0.2) is 109 Å². The maximum absolute atomic E-state index is 11.2. The van der Waals surface area contributed by atoms with Gasteiger partial charge in [0.1, 0.15) is 42.7 Å². The van der Waals surface area contributed by atoms with Crippen LogP contribution in [0.25, 0.3) is 0 Å². The molecule has 13 nitrogen and oxygen atoms in total. The Labute approximate surface area is 167 Å². The largest absolute Gasteiger partial charge is 1.00 e. The van der Waals surface area contributed by atoms with E-state index in [0.717, 1.165) is 0 Å². The monoisotopic (exact) mass is 392 g/mol. The summed E-state index contributed by atoms with van der Waals surface area (Å²) >= 11 is 0. The molecule has 7 N–H and O–H groups in total. The second-order valence-corrected chi connectivity index (χ2v) is 5.58. The molecule has 0 aromatic heterocycles. The molecule has 0 amide bonds. The van der Waals surface area contributed by atoms with E-state index in [2.05, 4.69) is 4.74 Å². The number of rotatable bonds is 4. The van der Waals surface area contributed by atoms with E-state index >= 15 is 0 Å². The summed E-state index contributed by atoms with van der Waals surface area (Å²) in [5, 5.41) is 77.7. The number of carbonyl (C=O) groups excluding carboxylic acids is 1. The molecule has 0 aromatic carbocycles. The molecular weight excluding hydrogens is 375 g/mol. The number of carboxylic acid groups (broad SMARTS) is 2. The summed E-state index contributed by atoms with van der Waals surface area (Å²) in [7, 11) is 0. The van der Waals surface area contributed by atoms with Crippen LogP contribution in [0.4, 0.5) is 0 Å². The number of aliphatic hydroxyl groups excluding tert-OH is 6. The quantitative estimate of drug-likeness (QED) is 0.221. The Kier molecular flexibility index (Phi) is 8.34. The van der Waals surface area contributed by atoms with Gasteiger partial charge < -0.3 is 59.9 Å². The Morgan fingerprint density at radius 1 is 0.808 bits per heavy atom. The second-order valence-electron chi connectivity index (χ2n) is 5.58. The van der Waals surface area contributed by atoms with Gasteiger partial charge in [0.05, 0.1) is 5.97 Å². The predicted octanol–water partition coefficient (Wildman–Crippen LogP) is -9.54. The Morgan fingerprint density at radius 2 is 1.38 bits per heavy atom. The number of carbonyl (C=O) groups is 2. The average molecular weight is 392 g/mol. The zero-order valence-corrected chi connectivity index (χ0v) is 15.4. The Hall–Kier alpha value is -0.420. The third kappa shape index (κ3) is 4.52. The number of ether oxygens (including phenoxy) is 3. The molecule has 2 aliphatic rings. The summed E-state index contributed by atoms with van der Waals surface area (Å²) in [6.07, 6.45) is -20.3. The number of hydrogen-bond donors (Lipinski definition) is 7. The van der Waals surface area contributed by atoms with E-state index in [1.165, 1.54) is 0 Å². The van der Waals surface area contributed by atoms with Crippen molar-refractivity contribution in [3.05, 3.63) is 0 Å². The summed E-state index contributed by atoms with van der Waals surface area (Å²) in [6.45, 7) is 0. The first-order valence-corrected chi connectivity index (χ1v) is 7.04. The van der Waals surface area contributed by atoms with Gasteiger partial charge in [-0.25, -0.2) is 4.79 Å². The van der Waals surface area contributed by atoms with E-state index in [0.29, 0.717) is 0 Å². The van der Waals surface area contributed by atoms with Gasteiger partial charge in [0.2, 0.25) is 0 Å². The van der Waals surface area contributed by atoms with Crippen LogP contribution in [0.15, 0.2) is 0 Å². The van der Waals surface area contributed by atoms with Crippen molar-refractivity contribution in [1.82, 2.24) is 0 Å². The van der Waals surface area contributed by atoms with Gasteiger partial charge in [0.15, 0.2) is 18.7 Å². The summed E-state index contributed by atoms with van der Waals surface area (Å²) in [5.41, 5.74) is 0. The first-order valence-electron chi connectivity index (χ1n) is 7.04. The van der Waals surface area contributed by atoms with Crippen molar-refractivity contribution in [2.45, 2.75) is 61.4 Å². The Morgan fingerprint density at radius 3 is 1.88 bits per heavy atom. The molecule has 10 atom stereocenters. The van der Waals surface area contributed by atoms with Crippen molar-refractivity contribution in [2.75, 3.05) is 0 Å². The van der Waals surface area contributed by atoms with Crippen molar-refractivity contribution in [2.24, 2.45) is 0 Å². The average Bonchev–Trinajstić information content (AvgIpc) is 2.54. The molecule has 2 aliphatic heterocycles. The van der Waals surface area contributed by atoms with Crippen LogP contribution in [0.5, 0.6) is 0 Å². The van der Waals surface area contributed by atoms with E-state index in [9.17, 15) is 45.3 Å². The van der Waals surface area contributed by atoms with E-state index in [1.807, 2.05) is 0 Å². The van der Waals surface area contributed by atoms with Crippen molar-refractivity contribution < 1.29 is 94.2 Å². The Bertz CT molecular complexity index is 517. The molecule has 2 fully saturated rings. The fourth-order valence-electron chi connectivity index (χ4n) is 2.51. The fourth-order valence-corrected chi connectivity index (χ4v) is 2.51. The van der Waals surface area contributed by atoms with Gasteiger partial charge >= 0.3 is 35.5 Å². The van der Waals surface area contributed by atoms with Crippen molar-refractivity contribution >= 4 is 11.9 Å². The summed E-state index contributed by atoms with van der Waals surface area (Å²) in [4.78, 5) is 22.1. The minimum absolute atomic E-state index is 0. The molecule has 0 aliphatic carbocycles. The Balaban J connectivity index is 0.00000338. The third-order valence-corrected chi connectivity index (χ3v) is 3.90. The molecule has 144 valence electrons. The normalized spacial score (nSPS) is 46.2. The first-order chi connectivity index (χ1) is 11.6. The molecule has 0 aromatic rings. The van der Waals surface area contributed by atoms with Gasteiger partial charge in [-0.15, -0.1) is 0 Å². The van der Waals surface area contributed by atoms with Crippen molar-refractivity contribution in [1.29, 1.82) is 0 Å². The van der Waals surface area contributed by atoms with Gasteiger partial charge in [0.25, 0.3) is 0 Å². The SMILES string of the molecule is O=C([O-])C1OC(OC2C(C(=O)O)OC(O)C(O)C2O)C(O)C(O)C1O.[Na+]. The van der Waals surface area contributed by atoms with Gasteiger partial charge in [-0.3, -0.25) is 0 Å². The van der Waals surface area contributed by atoms with Crippen LogP contribution >= 0.6 is 0 Å². The van der Waals surface area contributed by atoms with Crippen LogP contribution in [0, 0.1) is 0 Å². The molecule has 10 unspecified atom stereocenters. The molecule has 26 heavy (non-hydrogen) atoms. The van der Waals surface area contributed by atoms with Crippen LogP contribution in [-0.2, 0) is 23.8 Å². The third-order valence-electron chi connectivity index (χ3n) is 3.90. The van der Waals surface area contributed by atoms with Crippen LogP contribution in [0.2, 0.25) is 0 Å². The van der Waals surface area contributed by atoms with E-state index in [4.69, 9.17) is 14.6 Å². The van der Waals surface area contributed by atoms with Gasteiger partial charge in [-0.05, 0) is 0 Å². The molecule has 2 saturated heterocycles. The molecule has 0 bridgehead atoms. The molecular formula is C12H17NaO13. The summed E-state index contributed by atoms with van der Waals surface area (Å²) in [6, 6.07) is 0. The predicted molar refractivity (Wildman–Crippen MR) is 67.1 cm³/mol.